The maximum Gasteiger partial charge on any atom is 0.328 e. The van der Waals surface area contributed by atoms with E-state index in [4.69, 9.17) is 14.6 Å². The van der Waals surface area contributed by atoms with Crippen LogP contribution < -0.4 is 20.1 Å². The molecule has 10 nitrogen and oxygen atoms in total. The molecular weight excluding hydrogens is 284 g/mol. The van der Waals surface area contributed by atoms with Gasteiger partial charge in [0.1, 0.15) is 0 Å². The Labute approximate surface area is 120 Å². The van der Waals surface area contributed by atoms with E-state index in [1.807, 2.05) is 0 Å². The molecule has 1 heterocycles. The summed E-state index contributed by atoms with van der Waals surface area (Å²) in [4.78, 5) is 30.2. The number of urea groups is 1. The monoisotopic (exact) mass is 300 g/mol. The van der Waals surface area contributed by atoms with Crippen LogP contribution in [0.1, 0.15) is 6.92 Å². The summed E-state index contributed by atoms with van der Waals surface area (Å²) >= 11 is 0. The number of amides is 2. The average Bonchev–Trinajstić information content (AvgIpc) is 2.43. The summed E-state index contributed by atoms with van der Waals surface area (Å²) < 4.78 is 9.80. The van der Waals surface area contributed by atoms with E-state index >= 15 is 0 Å². The SMILES string of the molecule is COc1cc(OC)nc(NC(=O)N[C@H](C(=O)O)[C@@H](C)O)n1. The van der Waals surface area contributed by atoms with Gasteiger partial charge in [0, 0.05) is 0 Å². The standard InChI is InChI=1S/C11H16N4O6/c1-5(16)8(9(17)18)14-11(19)15-10-12-6(20-2)4-7(13-10)21-3/h4-5,8,16H,1-3H3,(H,17,18)(H2,12,13,14,15,19)/t5-,8+/m1/s1. The summed E-state index contributed by atoms with van der Waals surface area (Å²) in [6, 6.07) is -0.949. The number of aliphatic hydroxyl groups excluding tert-OH is 1. The lowest BCUT2D eigenvalue weighted by Crippen LogP contribution is -2.49. The van der Waals surface area contributed by atoms with Crippen molar-refractivity contribution < 1.29 is 29.3 Å². The first-order chi connectivity index (χ1) is 9.87. The zero-order valence-corrected chi connectivity index (χ0v) is 11.7. The van der Waals surface area contributed by atoms with Gasteiger partial charge in [-0.15, -0.1) is 0 Å². The zero-order valence-electron chi connectivity index (χ0n) is 11.7. The minimum atomic E-state index is -1.46. The number of carboxylic acid groups (broad SMARTS) is 1. The number of hydrogen-bond donors (Lipinski definition) is 4. The van der Waals surface area contributed by atoms with Gasteiger partial charge in [-0.3, -0.25) is 5.32 Å². The third-order valence-corrected chi connectivity index (χ3v) is 2.36. The van der Waals surface area contributed by atoms with Crippen molar-refractivity contribution in [3.63, 3.8) is 0 Å². The van der Waals surface area contributed by atoms with Crippen molar-refractivity contribution in [2.45, 2.75) is 19.1 Å². The van der Waals surface area contributed by atoms with Gasteiger partial charge in [-0.2, -0.15) is 9.97 Å². The minimum absolute atomic E-state index is 0.140. The number of ether oxygens (including phenoxy) is 2. The lowest BCUT2D eigenvalue weighted by molar-refractivity contribution is -0.141. The lowest BCUT2D eigenvalue weighted by atomic mass is 10.2. The molecule has 116 valence electrons. The third kappa shape index (κ3) is 4.76. The number of aliphatic hydroxyl groups is 1. The number of aliphatic carboxylic acids is 1. The number of rotatable bonds is 6. The highest BCUT2D eigenvalue weighted by atomic mass is 16.5. The largest absolute Gasteiger partial charge is 0.481 e. The van der Waals surface area contributed by atoms with Gasteiger partial charge in [-0.25, -0.2) is 9.59 Å². The number of hydrogen-bond acceptors (Lipinski definition) is 7. The molecule has 0 bridgehead atoms. The quantitative estimate of drug-likeness (QED) is 0.548. The Balaban J connectivity index is 2.80. The van der Waals surface area contributed by atoms with Crippen molar-refractivity contribution in [3.8, 4) is 11.8 Å². The van der Waals surface area contributed by atoms with E-state index in [9.17, 15) is 14.7 Å². The van der Waals surface area contributed by atoms with E-state index in [0.29, 0.717) is 0 Å². The maximum atomic E-state index is 11.7. The van der Waals surface area contributed by atoms with Crippen molar-refractivity contribution in [2.24, 2.45) is 0 Å². The summed E-state index contributed by atoms with van der Waals surface area (Å²) in [7, 11) is 2.75. The Morgan fingerprint density at radius 3 is 2.14 bits per heavy atom. The number of nitrogens with zero attached hydrogens (tertiary/aromatic N) is 2. The van der Waals surface area contributed by atoms with Crippen LogP contribution in [0.2, 0.25) is 0 Å². The van der Waals surface area contributed by atoms with Crippen LogP contribution in [0.5, 0.6) is 11.8 Å². The van der Waals surface area contributed by atoms with Crippen molar-refractivity contribution in [1.82, 2.24) is 15.3 Å². The number of methoxy groups -OCH3 is 2. The average molecular weight is 300 g/mol. The van der Waals surface area contributed by atoms with E-state index in [0.717, 1.165) is 0 Å². The number of carbonyl (C=O) groups excluding carboxylic acids is 1. The first kappa shape index (κ1) is 16.4. The van der Waals surface area contributed by atoms with Crippen molar-refractivity contribution in [3.05, 3.63) is 6.07 Å². The van der Waals surface area contributed by atoms with Crippen LogP contribution in [0.4, 0.5) is 10.7 Å². The molecule has 1 aromatic heterocycles. The van der Waals surface area contributed by atoms with Gasteiger partial charge in [-0.05, 0) is 6.92 Å². The number of nitrogens with one attached hydrogen (secondary N) is 2. The Kier molecular flexibility index (Phi) is 5.67. The van der Waals surface area contributed by atoms with Gasteiger partial charge in [0.2, 0.25) is 17.7 Å². The summed E-state index contributed by atoms with van der Waals surface area (Å²) in [6.45, 7) is 1.24. The fourth-order valence-electron chi connectivity index (χ4n) is 1.34. The predicted molar refractivity (Wildman–Crippen MR) is 70.4 cm³/mol. The van der Waals surface area contributed by atoms with Gasteiger partial charge >= 0.3 is 12.0 Å². The minimum Gasteiger partial charge on any atom is -0.481 e. The number of carboxylic acids is 1. The topological polar surface area (TPSA) is 143 Å². The molecule has 10 heteroatoms. The Morgan fingerprint density at radius 1 is 1.24 bits per heavy atom. The maximum absolute atomic E-state index is 11.7. The van der Waals surface area contributed by atoms with Gasteiger partial charge in [0.25, 0.3) is 0 Å². The second kappa shape index (κ2) is 7.24. The molecule has 0 aromatic carbocycles. The molecule has 0 radical (unpaired) electrons. The predicted octanol–water partition coefficient (Wildman–Crippen LogP) is -0.551. The normalized spacial score (nSPS) is 13.0. The molecule has 0 aliphatic heterocycles. The van der Waals surface area contributed by atoms with Gasteiger partial charge < -0.3 is 25.0 Å². The molecule has 0 saturated carbocycles. The molecule has 1 aromatic rings. The fraction of sp³-hybridized carbons (Fsp3) is 0.455. The van der Waals surface area contributed by atoms with Crippen molar-refractivity contribution in [2.75, 3.05) is 19.5 Å². The molecule has 0 saturated heterocycles. The highest BCUT2D eigenvalue weighted by Crippen LogP contribution is 2.17. The van der Waals surface area contributed by atoms with Crippen molar-refractivity contribution >= 4 is 17.9 Å². The van der Waals surface area contributed by atoms with E-state index in [1.165, 1.54) is 27.2 Å². The van der Waals surface area contributed by atoms with E-state index in [1.54, 1.807) is 0 Å². The Bertz CT molecular complexity index is 499. The second-order valence-corrected chi connectivity index (χ2v) is 3.93. The van der Waals surface area contributed by atoms with Crippen LogP contribution in [0.15, 0.2) is 6.07 Å². The van der Waals surface area contributed by atoms with Crippen LogP contribution in [0, 0.1) is 0 Å². The van der Waals surface area contributed by atoms with Crippen LogP contribution in [-0.2, 0) is 4.79 Å². The summed E-state index contributed by atoms with van der Waals surface area (Å²) in [6.07, 6.45) is -1.27. The van der Waals surface area contributed by atoms with Crippen molar-refractivity contribution in [1.29, 1.82) is 0 Å². The van der Waals surface area contributed by atoms with E-state index in [2.05, 4.69) is 20.6 Å². The molecule has 0 fully saturated rings. The molecule has 4 N–H and O–H groups in total. The molecule has 0 aliphatic rings. The smallest absolute Gasteiger partial charge is 0.328 e. The zero-order chi connectivity index (χ0) is 16.0. The second-order valence-electron chi connectivity index (χ2n) is 3.93. The third-order valence-electron chi connectivity index (χ3n) is 2.36. The summed E-state index contributed by atoms with van der Waals surface area (Å²) in [5.41, 5.74) is 0. The first-order valence-corrected chi connectivity index (χ1v) is 5.82. The first-order valence-electron chi connectivity index (χ1n) is 5.82. The van der Waals surface area contributed by atoms with Crippen LogP contribution >= 0.6 is 0 Å². The molecule has 0 aliphatic carbocycles. The molecule has 1 rings (SSSR count). The Hall–Kier alpha value is -2.62. The van der Waals surface area contributed by atoms with Gasteiger partial charge in [0.05, 0.1) is 26.4 Å². The highest BCUT2D eigenvalue weighted by Gasteiger charge is 2.25. The number of carbonyl (C=O) groups is 2. The van der Waals surface area contributed by atoms with Gasteiger partial charge in [-0.1, -0.05) is 0 Å². The van der Waals surface area contributed by atoms with Crippen LogP contribution in [-0.4, -0.2) is 58.5 Å². The summed E-state index contributed by atoms with van der Waals surface area (Å²) in [5.74, 6) is -1.20. The molecular formula is C11H16N4O6. The van der Waals surface area contributed by atoms with Gasteiger partial charge in [0.15, 0.2) is 6.04 Å². The Morgan fingerprint density at radius 2 is 1.76 bits per heavy atom. The number of aromatic nitrogens is 2. The lowest BCUT2D eigenvalue weighted by Gasteiger charge is -2.17. The van der Waals surface area contributed by atoms with E-state index in [-0.39, 0.29) is 17.7 Å². The molecule has 21 heavy (non-hydrogen) atoms. The van der Waals surface area contributed by atoms with Crippen LogP contribution in [0.3, 0.4) is 0 Å². The number of anilines is 1. The fourth-order valence-corrected chi connectivity index (χ4v) is 1.34. The highest BCUT2D eigenvalue weighted by molar-refractivity contribution is 5.91. The summed E-state index contributed by atoms with van der Waals surface area (Å²) in [5, 5.41) is 22.4. The van der Waals surface area contributed by atoms with E-state index < -0.39 is 24.1 Å². The molecule has 2 atom stereocenters. The van der Waals surface area contributed by atoms with Crippen LogP contribution in [0.25, 0.3) is 0 Å². The molecule has 0 spiro atoms. The molecule has 2 amide bonds. The molecule has 0 unspecified atom stereocenters.